The number of amides is 1. The highest BCUT2D eigenvalue weighted by Crippen LogP contribution is 2.22. The Morgan fingerprint density at radius 3 is 2.59 bits per heavy atom. The average Bonchev–Trinajstić information content (AvgIpc) is 2.60. The average molecular weight is 276 g/mol. The normalized spacial score (nSPS) is 11.2. The summed E-state index contributed by atoms with van der Waals surface area (Å²) < 4.78 is 0.667. The van der Waals surface area contributed by atoms with Gasteiger partial charge in [-0.2, -0.15) is 0 Å². The molecule has 1 aromatic heterocycles. The molecule has 0 spiro atoms. The second-order valence-electron chi connectivity index (χ2n) is 4.35. The highest BCUT2D eigenvalue weighted by atomic mass is 35.5. The molecule has 0 fully saturated rings. The summed E-state index contributed by atoms with van der Waals surface area (Å²) in [7, 11) is 0. The van der Waals surface area contributed by atoms with Crippen molar-refractivity contribution in [2.75, 3.05) is 0 Å². The van der Waals surface area contributed by atoms with Crippen LogP contribution in [0.2, 0.25) is 4.34 Å². The van der Waals surface area contributed by atoms with E-state index in [1.807, 2.05) is 6.07 Å². The number of carbonyl (C=O) groups excluding carboxylic acids is 1. The van der Waals surface area contributed by atoms with Crippen LogP contribution in [0, 0.1) is 5.41 Å². The van der Waals surface area contributed by atoms with Crippen LogP contribution in [0.3, 0.4) is 0 Å². The molecule has 0 saturated carbocycles. The molecule has 0 aliphatic rings. The second-order valence-corrected chi connectivity index (χ2v) is 6.15. The van der Waals surface area contributed by atoms with Gasteiger partial charge in [0, 0.05) is 11.3 Å². The maximum Gasteiger partial charge on any atom is 0.309 e. The van der Waals surface area contributed by atoms with Crippen molar-refractivity contribution >= 4 is 34.8 Å². The van der Waals surface area contributed by atoms with Gasteiger partial charge in [-0.1, -0.05) is 11.6 Å². The molecule has 6 heteroatoms. The van der Waals surface area contributed by atoms with Crippen molar-refractivity contribution in [3.05, 3.63) is 21.3 Å². The standard InChI is InChI=1S/C11H14ClNO3S/c1-11(2,10(15)16)5-9(14)13-6-7-3-4-8(12)17-7/h3-4H,5-6H2,1-2H3,(H,13,14)(H,15,16). The molecular weight excluding hydrogens is 262 g/mol. The van der Waals surface area contributed by atoms with Crippen molar-refractivity contribution in [2.24, 2.45) is 5.41 Å². The Balaban J connectivity index is 2.43. The molecule has 0 aliphatic heterocycles. The lowest BCUT2D eigenvalue weighted by Gasteiger charge is -2.17. The van der Waals surface area contributed by atoms with Crippen LogP contribution in [0.4, 0.5) is 0 Å². The second kappa shape index (κ2) is 5.51. The molecular formula is C11H14ClNO3S. The minimum Gasteiger partial charge on any atom is -0.481 e. The molecule has 0 aromatic carbocycles. The Bertz CT molecular complexity index is 428. The Hall–Kier alpha value is -1.07. The van der Waals surface area contributed by atoms with Gasteiger partial charge in [-0.15, -0.1) is 11.3 Å². The third kappa shape index (κ3) is 4.36. The third-order valence-electron chi connectivity index (χ3n) is 2.27. The van der Waals surface area contributed by atoms with Crippen LogP contribution < -0.4 is 5.32 Å². The molecule has 0 aliphatic carbocycles. The van der Waals surface area contributed by atoms with Crippen LogP contribution in [0.25, 0.3) is 0 Å². The van der Waals surface area contributed by atoms with E-state index in [0.717, 1.165) is 4.88 Å². The van der Waals surface area contributed by atoms with Gasteiger partial charge in [-0.25, -0.2) is 0 Å². The first kappa shape index (κ1) is 14.0. The van der Waals surface area contributed by atoms with Crippen molar-refractivity contribution < 1.29 is 14.7 Å². The monoisotopic (exact) mass is 275 g/mol. The lowest BCUT2D eigenvalue weighted by molar-refractivity contribution is -0.149. The smallest absolute Gasteiger partial charge is 0.309 e. The molecule has 0 saturated heterocycles. The highest BCUT2D eigenvalue weighted by Gasteiger charge is 2.29. The lowest BCUT2D eigenvalue weighted by atomic mass is 9.89. The molecule has 1 amide bonds. The summed E-state index contributed by atoms with van der Waals surface area (Å²) in [5.74, 6) is -1.26. The Kier molecular flexibility index (Phi) is 4.54. The van der Waals surface area contributed by atoms with Crippen molar-refractivity contribution in [3.63, 3.8) is 0 Å². The summed E-state index contributed by atoms with van der Waals surface area (Å²) in [5.41, 5.74) is -1.04. The summed E-state index contributed by atoms with van der Waals surface area (Å²) in [6.45, 7) is 3.43. The highest BCUT2D eigenvalue weighted by molar-refractivity contribution is 7.16. The zero-order chi connectivity index (χ0) is 13.1. The number of carbonyl (C=O) groups is 2. The van der Waals surface area contributed by atoms with Gasteiger partial charge in [-0.05, 0) is 26.0 Å². The first-order valence-electron chi connectivity index (χ1n) is 5.05. The predicted molar refractivity (Wildman–Crippen MR) is 67.2 cm³/mol. The van der Waals surface area contributed by atoms with E-state index in [4.69, 9.17) is 16.7 Å². The van der Waals surface area contributed by atoms with Crippen LogP contribution in [-0.2, 0) is 16.1 Å². The van der Waals surface area contributed by atoms with Gasteiger partial charge in [0.1, 0.15) is 0 Å². The fourth-order valence-corrected chi connectivity index (χ4v) is 2.20. The van der Waals surface area contributed by atoms with Gasteiger partial charge < -0.3 is 10.4 Å². The molecule has 0 unspecified atom stereocenters. The number of carboxylic acids is 1. The summed E-state index contributed by atoms with van der Waals surface area (Å²) in [4.78, 5) is 23.3. The van der Waals surface area contributed by atoms with Crippen molar-refractivity contribution in [3.8, 4) is 0 Å². The Labute approximate surface area is 109 Å². The topological polar surface area (TPSA) is 66.4 Å². The van der Waals surface area contributed by atoms with Crippen molar-refractivity contribution in [2.45, 2.75) is 26.8 Å². The largest absolute Gasteiger partial charge is 0.481 e. The molecule has 0 atom stereocenters. The fraction of sp³-hybridized carbons (Fsp3) is 0.455. The van der Waals surface area contributed by atoms with E-state index in [0.29, 0.717) is 10.9 Å². The Morgan fingerprint density at radius 2 is 2.12 bits per heavy atom. The molecule has 0 bridgehead atoms. The van der Waals surface area contributed by atoms with E-state index < -0.39 is 11.4 Å². The number of rotatable bonds is 5. The molecule has 0 radical (unpaired) electrons. The number of hydrogen-bond acceptors (Lipinski definition) is 3. The number of thiophene rings is 1. The van der Waals surface area contributed by atoms with Gasteiger partial charge in [0.25, 0.3) is 0 Å². The summed E-state index contributed by atoms with van der Waals surface area (Å²) in [5, 5.41) is 11.6. The number of halogens is 1. The zero-order valence-electron chi connectivity index (χ0n) is 9.62. The molecule has 17 heavy (non-hydrogen) atoms. The van der Waals surface area contributed by atoms with Crippen LogP contribution in [0.15, 0.2) is 12.1 Å². The van der Waals surface area contributed by atoms with E-state index in [9.17, 15) is 9.59 Å². The first-order chi connectivity index (χ1) is 7.81. The number of hydrogen-bond donors (Lipinski definition) is 2. The molecule has 94 valence electrons. The SMILES string of the molecule is CC(C)(CC(=O)NCc1ccc(Cl)s1)C(=O)O. The van der Waals surface area contributed by atoms with Gasteiger partial charge in [0.15, 0.2) is 0 Å². The minimum absolute atomic E-state index is 0.0402. The zero-order valence-corrected chi connectivity index (χ0v) is 11.2. The van der Waals surface area contributed by atoms with Gasteiger partial charge >= 0.3 is 5.97 Å². The van der Waals surface area contributed by atoms with E-state index in [1.54, 1.807) is 6.07 Å². The summed E-state index contributed by atoms with van der Waals surface area (Å²) >= 11 is 7.14. The number of aliphatic carboxylic acids is 1. The maximum atomic E-state index is 11.5. The predicted octanol–water partition coefficient (Wildman–Crippen LogP) is 2.52. The third-order valence-corrected chi connectivity index (χ3v) is 3.50. The molecule has 1 aromatic rings. The summed E-state index contributed by atoms with van der Waals surface area (Å²) in [6.07, 6.45) is -0.0402. The van der Waals surface area contributed by atoms with E-state index in [2.05, 4.69) is 5.32 Å². The Morgan fingerprint density at radius 1 is 1.47 bits per heavy atom. The van der Waals surface area contributed by atoms with Crippen LogP contribution in [0.1, 0.15) is 25.1 Å². The fourth-order valence-electron chi connectivity index (χ4n) is 1.17. The maximum absolute atomic E-state index is 11.5. The van der Waals surface area contributed by atoms with Gasteiger partial charge in [-0.3, -0.25) is 9.59 Å². The van der Waals surface area contributed by atoms with E-state index in [1.165, 1.54) is 25.2 Å². The number of carboxylic acid groups (broad SMARTS) is 1. The molecule has 4 nitrogen and oxygen atoms in total. The van der Waals surface area contributed by atoms with E-state index >= 15 is 0 Å². The summed E-state index contributed by atoms with van der Waals surface area (Å²) in [6, 6.07) is 3.59. The van der Waals surface area contributed by atoms with Crippen LogP contribution in [-0.4, -0.2) is 17.0 Å². The quantitative estimate of drug-likeness (QED) is 0.868. The van der Waals surface area contributed by atoms with E-state index in [-0.39, 0.29) is 12.3 Å². The number of nitrogens with one attached hydrogen (secondary N) is 1. The first-order valence-corrected chi connectivity index (χ1v) is 6.25. The van der Waals surface area contributed by atoms with Crippen molar-refractivity contribution in [1.82, 2.24) is 5.32 Å². The molecule has 1 heterocycles. The van der Waals surface area contributed by atoms with Crippen LogP contribution in [0.5, 0.6) is 0 Å². The van der Waals surface area contributed by atoms with Gasteiger partial charge in [0.05, 0.1) is 16.3 Å². The molecule has 2 N–H and O–H groups in total. The minimum atomic E-state index is -1.04. The van der Waals surface area contributed by atoms with Gasteiger partial charge in [0.2, 0.25) is 5.91 Å². The molecule has 1 rings (SSSR count). The van der Waals surface area contributed by atoms with Crippen LogP contribution >= 0.6 is 22.9 Å². The van der Waals surface area contributed by atoms with Crippen molar-refractivity contribution in [1.29, 1.82) is 0 Å². The lowest BCUT2D eigenvalue weighted by Crippen LogP contribution is -2.32.